The van der Waals surface area contributed by atoms with Crippen LogP contribution < -0.4 is 11.5 Å². The molecule has 1 rings (SSSR count). The van der Waals surface area contributed by atoms with Crippen LogP contribution >= 0.6 is 0 Å². The summed E-state index contributed by atoms with van der Waals surface area (Å²) in [7, 11) is 0. The van der Waals surface area contributed by atoms with Crippen molar-refractivity contribution in [3.8, 4) is 0 Å². The Hall–Kier alpha value is -0.0800. The lowest BCUT2D eigenvalue weighted by molar-refractivity contribution is 0.215. The van der Waals surface area contributed by atoms with Crippen molar-refractivity contribution >= 4 is 0 Å². The molecule has 2 atom stereocenters. The van der Waals surface area contributed by atoms with Gasteiger partial charge in [-0.25, -0.2) is 0 Å². The lowest BCUT2D eigenvalue weighted by Gasteiger charge is -2.37. The minimum Gasteiger partial charge on any atom is -0.330 e. The van der Waals surface area contributed by atoms with E-state index in [4.69, 9.17) is 11.5 Å². The smallest absolute Gasteiger partial charge is 0.0166 e. The number of hydrogen-bond acceptors (Lipinski definition) is 2. The maximum atomic E-state index is 6.05. The van der Waals surface area contributed by atoms with Crippen molar-refractivity contribution in [3.63, 3.8) is 0 Å². The van der Waals surface area contributed by atoms with Crippen LogP contribution in [-0.2, 0) is 0 Å². The molecule has 0 aliphatic heterocycles. The summed E-state index contributed by atoms with van der Waals surface area (Å²) in [6.07, 6.45) is 4.97. The molecule has 0 amide bonds. The van der Waals surface area contributed by atoms with E-state index < -0.39 is 0 Å². The molecule has 1 aliphatic carbocycles. The van der Waals surface area contributed by atoms with Crippen LogP contribution in [0.25, 0.3) is 0 Å². The fourth-order valence-electron chi connectivity index (χ4n) is 1.82. The van der Waals surface area contributed by atoms with Crippen molar-refractivity contribution in [2.24, 2.45) is 17.4 Å². The Bertz CT molecular complexity index is 110. The van der Waals surface area contributed by atoms with Gasteiger partial charge in [0.1, 0.15) is 0 Å². The highest BCUT2D eigenvalue weighted by molar-refractivity contribution is 4.90. The summed E-state index contributed by atoms with van der Waals surface area (Å²) in [6.45, 7) is 2.89. The number of rotatable bonds is 1. The first-order chi connectivity index (χ1) is 4.67. The molecule has 2 nitrogen and oxygen atoms in total. The summed E-state index contributed by atoms with van der Waals surface area (Å²) >= 11 is 0. The minimum absolute atomic E-state index is 0.0208. The Morgan fingerprint density at radius 3 is 2.60 bits per heavy atom. The normalized spacial score (nSPS) is 41.7. The van der Waals surface area contributed by atoms with Gasteiger partial charge >= 0.3 is 0 Å². The highest BCUT2D eigenvalue weighted by atomic mass is 14.8. The van der Waals surface area contributed by atoms with Crippen molar-refractivity contribution in [1.29, 1.82) is 0 Å². The maximum absolute atomic E-state index is 6.05. The molecular weight excluding hydrogens is 124 g/mol. The Morgan fingerprint density at radius 1 is 1.50 bits per heavy atom. The Balaban J connectivity index is 2.51. The van der Waals surface area contributed by atoms with E-state index in [1.807, 2.05) is 0 Å². The summed E-state index contributed by atoms with van der Waals surface area (Å²) in [5, 5.41) is 0. The summed E-state index contributed by atoms with van der Waals surface area (Å²) in [6, 6.07) is 0. The molecule has 0 unspecified atom stereocenters. The second kappa shape index (κ2) is 2.89. The molecule has 60 valence electrons. The van der Waals surface area contributed by atoms with E-state index in [0.717, 1.165) is 13.0 Å². The second-order valence-corrected chi connectivity index (χ2v) is 3.68. The zero-order valence-corrected chi connectivity index (χ0v) is 6.77. The van der Waals surface area contributed by atoms with Gasteiger partial charge in [-0.05, 0) is 32.2 Å². The molecule has 0 saturated heterocycles. The molecular formula is C8H18N2. The molecule has 1 fully saturated rings. The molecule has 1 saturated carbocycles. The van der Waals surface area contributed by atoms with Crippen LogP contribution in [0.2, 0.25) is 0 Å². The maximum Gasteiger partial charge on any atom is 0.0166 e. The average molecular weight is 142 g/mol. The average Bonchev–Trinajstić information content (AvgIpc) is 1.87. The first-order valence-electron chi connectivity index (χ1n) is 4.16. The van der Waals surface area contributed by atoms with E-state index in [-0.39, 0.29) is 5.54 Å². The van der Waals surface area contributed by atoms with Gasteiger partial charge in [-0.2, -0.15) is 0 Å². The zero-order valence-electron chi connectivity index (χ0n) is 6.77. The SMILES string of the molecule is C[C@]1(N)CCCC[C@H]1CN. The Morgan fingerprint density at radius 2 is 2.20 bits per heavy atom. The first kappa shape index (κ1) is 8.02. The van der Waals surface area contributed by atoms with E-state index in [9.17, 15) is 0 Å². The molecule has 0 aromatic heterocycles. The quantitative estimate of drug-likeness (QED) is 0.570. The van der Waals surface area contributed by atoms with Gasteiger partial charge in [-0.3, -0.25) is 0 Å². The van der Waals surface area contributed by atoms with Gasteiger partial charge in [-0.1, -0.05) is 12.8 Å². The summed E-state index contributed by atoms with van der Waals surface area (Å²) in [5.74, 6) is 0.557. The van der Waals surface area contributed by atoms with Gasteiger partial charge in [-0.15, -0.1) is 0 Å². The van der Waals surface area contributed by atoms with Gasteiger partial charge in [0.15, 0.2) is 0 Å². The van der Waals surface area contributed by atoms with Gasteiger partial charge in [0.25, 0.3) is 0 Å². The topological polar surface area (TPSA) is 52.0 Å². The molecule has 0 heterocycles. The van der Waals surface area contributed by atoms with Crippen LogP contribution in [0.4, 0.5) is 0 Å². The highest BCUT2D eigenvalue weighted by Crippen LogP contribution is 2.30. The summed E-state index contributed by atoms with van der Waals surface area (Å²) in [4.78, 5) is 0. The number of nitrogens with two attached hydrogens (primary N) is 2. The van der Waals surface area contributed by atoms with Gasteiger partial charge < -0.3 is 11.5 Å². The first-order valence-corrected chi connectivity index (χ1v) is 4.16. The molecule has 0 bridgehead atoms. The minimum atomic E-state index is 0.0208. The van der Waals surface area contributed by atoms with Crippen LogP contribution in [0.5, 0.6) is 0 Å². The summed E-state index contributed by atoms with van der Waals surface area (Å²) in [5.41, 5.74) is 11.7. The zero-order chi connectivity index (χ0) is 7.61. The summed E-state index contributed by atoms with van der Waals surface area (Å²) < 4.78 is 0. The van der Waals surface area contributed by atoms with E-state index in [0.29, 0.717) is 5.92 Å². The van der Waals surface area contributed by atoms with Crippen LogP contribution in [0, 0.1) is 5.92 Å². The highest BCUT2D eigenvalue weighted by Gasteiger charge is 2.31. The fraction of sp³-hybridized carbons (Fsp3) is 1.00. The molecule has 0 spiro atoms. The number of hydrogen-bond donors (Lipinski definition) is 2. The lowest BCUT2D eigenvalue weighted by Crippen LogP contribution is -2.49. The molecule has 0 aromatic rings. The Kier molecular flexibility index (Phi) is 2.32. The molecule has 0 radical (unpaired) electrons. The second-order valence-electron chi connectivity index (χ2n) is 3.68. The Labute approximate surface area is 63.0 Å². The van der Waals surface area contributed by atoms with Crippen molar-refractivity contribution < 1.29 is 0 Å². The molecule has 10 heavy (non-hydrogen) atoms. The molecule has 4 N–H and O–H groups in total. The third kappa shape index (κ3) is 1.50. The molecule has 2 heteroatoms. The predicted molar refractivity (Wildman–Crippen MR) is 43.6 cm³/mol. The van der Waals surface area contributed by atoms with Crippen molar-refractivity contribution in [3.05, 3.63) is 0 Å². The largest absolute Gasteiger partial charge is 0.330 e. The molecule has 0 aromatic carbocycles. The van der Waals surface area contributed by atoms with Crippen LogP contribution in [-0.4, -0.2) is 12.1 Å². The van der Waals surface area contributed by atoms with Crippen molar-refractivity contribution in [2.45, 2.75) is 38.1 Å². The lowest BCUT2D eigenvalue weighted by atomic mass is 9.75. The van der Waals surface area contributed by atoms with E-state index in [2.05, 4.69) is 6.92 Å². The van der Waals surface area contributed by atoms with Crippen molar-refractivity contribution in [2.75, 3.05) is 6.54 Å². The van der Waals surface area contributed by atoms with Gasteiger partial charge in [0.05, 0.1) is 0 Å². The van der Waals surface area contributed by atoms with Crippen molar-refractivity contribution in [1.82, 2.24) is 0 Å². The van der Waals surface area contributed by atoms with E-state index in [1.54, 1.807) is 0 Å². The van der Waals surface area contributed by atoms with Crippen LogP contribution in [0.3, 0.4) is 0 Å². The molecule has 1 aliphatic rings. The van der Waals surface area contributed by atoms with Gasteiger partial charge in [0, 0.05) is 5.54 Å². The monoisotopic (exact) mass is 142 g/mol. The van der Waals surface area contributed by atoms with Gasteiger partial charge in [0.2, 0.25) is 0 Å². The van der Waals surface area contributed by atoms with E-state index >= 15 is 0 Å². The third-order valence-corrected chi connectivity index (χ3v) is 2.74. The predicted octanol–water partition coefficient (Wildman–Crippen LogP) is 0.853. The fourth-order valence-corrected chi connectivity index (χ4v) is 1.82. The standard InChI is InChI=1S/C8H18N2/c1-8(10)5-3-2-4-7(8)6-9/h7H,2-6,9-10H2,1H3/t7-,8-/m0/s1. The third-order valence-electron chi connectivity index (χ3n) is 2.74. The van der Waals surface area contributed by atoms with Crippen LogP contribution in [0.1, 0.15) is 32.6 Å². The van der Waals surface area contributed by atoms with Crippen LogP contribution in [0.15, 0.2) is 0 Å². The van der Waals surface area contributed by atoms with E-state index in [1.165, 1.54) is 19.3 Å².